The first-order chi connectivity index (χ1) is 8.75. The summed E-state index contributed by atoms with van der Waals surface area (Å²) in [5.74, 6) is 2.91. The largest absolute Gasteiger partial charge is 0.222 e. The zero-order chi connectivity index (χ0) is 12.5. The maximum absolute atomic E-state index is 2.27. The smallest absolute Gasteiger partial charge is 0.175 e. The molecule has 0 unspecified atom stereocenters. The summed E-state index contributed by atoms with van der Waals surface area (Å²) in [5.41, 5.74) is 2.95. The van der Waals surface area contributed by atoms with Crippen molar-refractivity contribution in [2.45, 2.75) is 68.9 Å². The van der Waals surface area contributed by atoms with Crippen molar-refractivity contribution in [1.82, 2.24) is 0 Å². The van der Waals surface area contributed by atoms with Gasteiger partial charge in [0.15, 0.2) is 0 Å². The normalized spacial score (nSPS) is 27.3. The van der Waals surface area contributed by atoms with Gasteiger partial charge in [-0.2, -0.15) is 11.6 Å². The first kappa shape index (κ1) is 12.7. The zero-order valence-electron chi connectivity index (χ0n) is 11.6. The molecule has 1 aromatic carbocycles. The average Bonchev–Trinajstić information content (AvgIpc) is 2.33. The van der Waals surface area contributed by atoms with E-state index in [0.29, 0.717) is 0 Å². The van der Waals surface area contributed by atoms with Gasteiger partial charge in [0.2, 0.25) is 5.99 Å². The fourth-order valence-corrected chi connectivity index (χ4v) is 5.64. The van der Waals surface area contributed by atoms with E-state index in [2.05, 4.69) is 43.7 Å². The predicted molar refractivity (Wildman–Crippen MR) is 82.7 cm³/mol. The molecule has 2 aliphatic heterocycles. The molecule has 0 aliphatic carbocycles. The molecule has 0 spiro atoms. The Balaban J connectivity index is 1.83. The molecule has 2 aliphatic rings. The molecule has 0 radical (unpaired) electrons. The Bertz CT molecular complexity index is 387. The van der Waals surface area contributed by atoms with E-state index in [4.69, 9.17) is 0 Å². The number of rotatable bonds is 2. The summed E-state index contributed by atoms with van der Waals surface area (Å²) in [6.45, 7) is 4.54. The number of hydrogen-bond acceptors (Lipinski definition) is 1. The van der Waals surface area contributed by atoms with Crippen molar-refractivity contribution in [2.75, 3.05) is 0 Å². The highest BCUT2D eigenvalue weighted by atomic mass is 32.2. The van der Waals surface area contributed by atoms with Crippen LogP contribution < -0.4 is 0 Å². The number of benzene rings is 1. The van der Waals surface area contributed by atoms with Gasteiger partial charge in [0, 0.05) is 4.90 Å². The molecule has 96 valence electrons. The van der Waals surface area contributed by atoms with Crippen molar-refractivity contribution < 1.29 is 0 Å². The second-order valence-corrected chi connectivity index (χ2v) is 7.37. The SMILES string of the molecule is Cc1cccc(C)c1SB1C2CCCC1CCC2. The number of fused-ring (bicyclic) bond motifs is 2. The molecule has 2 fully saturated rings. The minimum Gasteiger partial charge on any atom is -0.175 e. The standard InChI is InChI=1S/C16H23BS/c1-12-6-3-7-13(2)16(12)18-17-14-8-4-9-15(17)11-5-10-14/h3,6-7,14-15H,4-5,8-11H2,1-2H3. The Kier molecular flexibility index (Phi) is 3.74. The Morgan fingerprint density at radius 1 is 0.944 bits per heavy atom. The zero-order valence-corrected chi connectivity index (χ0v) is 12.4. The third kappa shape index (κ3) is 2.36. The molecule has 0 amide bonds. The summed E-state index contributed by atoms with van der Waals surface area (Å²) < 4.78 is 0. The van der Waals surface area contributed by atoms with Crippen molar-refractivity contribution >= 4 is 17.6 Å². The molecule has 0 N–H and O–H groups in total. The van der Waals surface area contributed by atoms with Gasteiger partial charge in [-0.3, -0.25) is 0 Å². The summed E-state index contributed by atoms with van der Waals surface area (Å²) in [7, 11) is 0. The summed E-state index contributed by atoms with van der Waals surface area (Å²) in [6.07, 6.45) is 8.91. The van der Waals surface area contributed by atoms with Crippen LogP contribution in [-0.4, -0.2) is 5.99 Å². The Labute approximate surface area is 116 Å². The maximum Gasteiger partial charge on any atom is 0.222 e. The van der Waals surface area contributed by atoms with E-state index in [1.807, 2.05) is 0 Å². The Hall–Kier alpha value is -0.365. The van der Waals surface area contributed by atoms with Gasteiger partial charge in [-0.05, 0) is 25.0 Å². The highest BCUT2D eigenvalue weighted by molar-refractivity contribution is 8.25. The van der Waals surface area contributed by atoms with Crippen LogP contribution in [-0.2, 0) is 0 Å². The molecular weight excluding hydrogens is 235 g/mol. The molecule has 1 aromatic rings. The van der Waals surface area contributed by atoms with Gasteiger partial charge in [0.25, 0.3) is 0 Å². The van der Waals surface area contributed by atoms with E-state index in [0.717, 1.165) is 17.6 Å². The summed E-state index contributed by atoms with van der Waals surface area (Å²) in [5, 5.41) is 0. The van der Waals surface area contributed by atoms with Crippen molar-refractivity contribution in [1.29, 1.82) is 0 Å². The van der Waals surface area contributed by atoms with Crippen molar-refractivity contribution in [2.24, 2.45) is 0 Å². The van der Waals surface area contributed by atoms with Crippen LogP contribution in [0.2, 0.25) is 11.6 Å². The van der Waals surface area contributed by atoms with E-state index >= 15 is 0 Å². The number of hydrogen-bond donors (Lipinski definition) is 0. The van der Waals surface area contributed by atoms with Crippen LogP contribution in [0.25, 0.3) is 0 Å². The first-order valence-electron chi connectivity index (χ1n) is 7.48. The lowest BCUT2D eigenvalue weighted by Crippen LogP contribution is -2.32. The lowest BCUT2D eigenvalue weighted by atomic mass is 9.42. The molecule has 2 heterocycles. The molecule has 18 heavy (non-hydrogen) atoms. The van der Waals surface area contributed by atoms with Gasteiger partial charge in [0.05, 0.1) is 0 Å². The minimum absolute atomic E-state index is 0.910. The van der Waals surface area contributed by atoms with Crippen LogP contribution >= 0.6 is 11.6 Å². The molecule has 2 heteroatoms. The topological polar surface area (TPSA) is 0 Å². The fraction of sp³-hybridized carbons (Fsp3) is 0.625. The lowest BCUT2D eigenvalue weighted by molar-refractivity contribution is 0.451. The van der Waals surface area contributed by atoms with Crippen molar-refractivity contribution in [3.05, 3.63) is 29.3 Å². The predicted octanol–water partition coefficient (Wildman–Crippen LogP) is 5.50. The second-order valence-electron chi connectivity index (χ2n) is 6.19. The highest BCUT2D eigenvalue weighted by Crippen LogP contribution is 2.52. The third-order valence-corrected chi connectivity index (χ3v) is 6.81. The summed E-state index contributed by atoms with van der Waals surface area (Å²) in [4.78, 5) is 1.57. The van der Waals surface area contributed by atoms with Crippen LogP contribution in [0.1, 0.15) is 49.7 Å². The third-order valence-electron chi connectivity index (χ3n) is 4.89. The molecule has 0 nitrogen and oxygen atoms in total. The summed E-state index contributed by atoms with van der Waals surface area (Å²) in [6, 6.07) is 6.73. The lowest BCUT2D eigenvalue weighted by Gasteiger charge is -2.40. The molecular formula is C16H23BS. The van der Waals surface area contributed by atoms with Gasteiger partial charge in [-0.15, -0.1) is 0 Å². The van der Waals surface area contributed by atoms with Crippen molar-refractivity contribution in [3.63, 3.8) is 0 Å². The van der Waals surface area contributed by atoms with Gasteiger partial charge in [0.1, 0.15) is 0 Å². The van der Waals surface area contributed by atoms with Gasteiger partial charge in [-0.1, -0.05) is 68.4 Å². The van der Waals surface area contributed by atoms with E-state index in [-0.39, 0.29) is 0 Å². The second kappa shape index (κ2) is 5.32. The molecule has 0 aromatic heterocycles. The molecule has 2 bridgehead atoms. The molecule has 2 saturated heterocycles. The average molecular weight is 258 g/mol. The molecule has 3 rings (SSSR count). The van der Waals surface area contributed by atoms with E-state index < -0.39 is 0 Å². The van der Waals surface area contributed by atoms with Crippen LogP contribution in [0.5, 0.6) is 0 Å². The summed E-state index contributed by atoms with van der Waals surface area (Å²) >= 11 is 2.21. The first-order valence-corrected chi connectivity index (χ1v) is 8.36. The number of aryl methyl sites for hydroxylation is 2. The van der Waals surface area contributed by atoms with Crippen LogP contribution in [0.15, 0.2) is 23.1 Å². The molecule has 0 atom stereocenters. The van der Waals surface area contributed by atoms with E-state index in [1.165, 1.54) is 49.7 Å². The van der Waals surface area contributed by atoms with Gasteiger partial charge < -0.3 is 0 Å². The molecule has 0 saturated carbocycles. The van der Waals surface area contributed by atoms with E-state index in [1.54, 1.807) is 4.90 Å². The van der Waals surface area contributed by atoms with Crippen LogP contribution in [0.4, 0.5) is 0 Å². The van der Waals surface area contributed by atoms with Gasteiger partial charge in [-0.25, -0.2) is 0 Å². The Morgan fingerprint density at radius 2 is 1.44 bits per heavy atom. The monoisotopic (exact) mass is 258 g/mol. The Morgan fingerprint density at radius 3 is 1.94 bits per heavy atom. The fourth-order valence-electron chi connectivity index (χ4n) is 3.93. The quantitative estimate of drug-likeness (QED) is 0.631. The van der Waals surface area contributed by atoms with E-state index in [9.17, 15) is 0 Å². The maximum atomic E-state index is 2.27. The van der Waals surface area contributed by atoms with Crippen LogP contribution in [0.3, 0.4) is 0 Å². The van der Waals surface area contributed by atoms with Gasteiger partial charge >= 0.3 is 0 Å². The van der Waals surface area contributed by atoms with Crippen LogP contribution in [0, 0.1) is 13.8 Å². The highest BCUT2D eigenvalue weighted by Gasteiger charge is 2.40. The minimum atomic E-state index is 0.910. The van der Waals surface area contributed by atoms with Crippen molar-refractivity contribution in [3.8, 4) is 0 Å².